The van der Waals surface area contributed by atoms with Crippen molar-refractivity contribution < 1.29 is 0 Å². The first-order chi connectivity index (χ1) is 9.74. The van der Waals surface area contributed by atoms with E-state index < -0.39 is 0 Å². The number of benzene rings is 2. The Morgan fingerprint density at radius 3 is 1.65 bits per heavy atom. The van der Waals surface area contributed by atoms with Gasteiger partial charge in [-0.3, -0.25) is 0 Å². The van der Waals surface area contributed by atoms with Crippen molar-refractivity contribution in [2.45, 2.75) is 13.8 Å². The first-order valence-electron chi connectivity index (χ1n) is 6.77. The summed E-state index contributed by atoms with van der Waals surface area (Å²) in [5.41, 5.74) is 7.74. The minimum atomic E-state index is 1.28. The van der Waals surface area contributed by atoms with E-state index in [-0.39, 0.29) is 0 Å². The summed E-state index contributed by atoms with van der Waals surface area (Å²) in [5.74, 6) is 0. The zero-order chi connectivity index (χ0) is 13.9. The van der Waals surface area contributed by atoms with E-state index in [4.69, 9.17) is 0 Å². The zero-order valence-electron chi connectivity index (χ0n) is 11.8. The Morgan fingerprint density at radius 2 is 1.25 bits per heavy atom. The second kappa shape index (κ2) is 5.56. The molecule has 0 unspecified atom stereocenters. The highest BCUT2D eigenvalue weighted by molar-refractivity contribution is 7.81. The van der Waals surface area contributed by atoms with Crippen molar-refractivity contribution in [2.75, 3.05) is 0 Å². The highest BCUT2D eigenvalue weighted by atomic mass is 32.1. The van der Waals surface area contributed by atoms with Crippen molar-refractivity contribution in [3.05, 3.63) is 87.8 Å². The molecule has 0 aliphatic carbocycles. The minimum Gasteiger partial charge on any atom is -0.0587 e. The van der Waals surface area contributed by atoms with Gasteiger partial charge in [0, 0.05) is 17.2 Å². The van der Waals surface area contributed by atoms with E-state index in [9.17, 15) is 0 Å². The van der Waals surface area contributed by atoms with Crippen molar-refractivity contribution >= 4 is 22.3 Å². The number of allylic oxidation sites excluding steroid dienone is 2. The number of hydrogen-bond donors (Lipinski definition) is 0. The summed E-state index contributed by atoms with van der Waals surface area (Å²) >= 11 is 1.74. The van der Waals surface area contributed by atoms with Gasteiger partial charge in [-0.05, 0) is 25.0 Å². The van der Waals surface area contributed by atoms with Crippen LogP contribution >= 0.6 is 0 Å². The van der Waals surface area contributed by atoms with Crippen molar-refractivity contribution in [3.63, 3.8) is 0 Å². The van der Waals surface area contributed by atoms with Crippen LogP contribution in [0.4, 0.5) is 0 Å². The SMILES string of the molecule is Cc1ccc(C(=C2C=C[S+]=C2)c2ccc(C)cc2)cc1. The fourth-order valence-electron chi connectivity index (χ4n) is 2.35. The third kappa shape index (κ3) is 2.63. The number of aryl methyl sites for hydroxylation is 2. The molecule has 0 fully saturated rings. The molecule has 20 heavy (non-hydrogen) atoms. The molecule has 0 radical (unpaired) electrons. The van der Waals surface area contributed by atoms with E-state index in [0.717, 1.165) is 0 Å². The van der Waals surface area contributed by atoms with Gasteiger partial charge in [-0.2, -0.15) is 0 Å². The largest absolute Gasteiger partial charge is 0.212 e. The smallest absolute Gasteiger partial charge is 0.0587 e. The molecule has 0 nitrogen and oxygen atoms in total. The zero-order valence-corrected chi connectivity index (χ0v) is 12.6. The van der Waals surface area contributed by atoms with E-state index in [1.54, 1.807) is 11.4 Å². The van der Waals surface area contributed by atoms with Gasteiger partial charge in [0.05, 0.1) is 0 Å². The third-order valence-electron chi connectivity index (χ3n) is 3.49. The maximum absolute atomic E-state index is 2.22. The molecule has 0 amide bonds. The second-order valence-corrected chi connectivity index (χ2v) is 5.90. The standard InChI is InChI=1S/C19H17S/c1-14-3-7-16(8-4-14)19(18-11-12-20-13-18)17-9-5-15(2)6-10-17/h3-13H,1-2H3/q+1. The van der Waals surface area contributed by atoms with Gasteiger partial charge in [0.1, 0.15) is 0 Å². The highest BCUT2D eigenvalue weighted by Gasteiger charge is 2.14. The van der Waals surface area contributed by atoms with Crippen LogP contribution in [0, 0.1) is 13.8 Å². The number of rotatable bonds is 2. The molecule has 0 atom stereocenters. The van der Waals surface area contributed by atoms with E-state index >= 15 is 0 Å². The van der Waals surface area contributed by atoms with Crippen LogP contribution in [0.2, 0.25) is 0 Å². The van der Waals surface area contributed by atoms with E-state index in [1.165, 1.54) is 33.4 Å². The van der Waals surface area contributed by atoms with Crippen LogP contribution in [-0.2, 0) is 11.4 Å². The molecule has 0 N–H and O–H groups in total. The summed E-state index contributed by atoms with van der Waals surface area (Å²) in [7, 11) is 0. The van der Waals surface area contributed by atoms with Gasteiger partial charge < -0.3 is 0 Å². The van der Waals surface area contributed by atoms with Crippen molar-refractivity contribution in [1.82, 2.24) is 0 Å². The summed E-state index contributed by atoms with van der Waals surface area (Å²) < 4.78 is 0. The topological polar surface area (TPSA) is 0 Å². The lowest BCUT2D eigenvalue weighted by molar-refractivity contribution is 1.42. The second-order valence-electron chi connectivity index (χ2n) is 5.12. The quantitative estimate of drug-likeness (QED) is 0.430. The van der Waals surface area contributed by atoms with Gasteiger partial charge in [0.25, 0.3) is 0 Å². The van der Waals surface area contributed by atoms with E-state index in [2.05, 4.69) is 79.2 Å². The van der Waals surface area contributed by atoms with Crippen LogP contribution in [0.1, 0.15) is 22.3 Å². The lowest BCUT2D eigenvalue weighted by Crippen LogP contribution is -1.94. The van der Waals surface area contributed by atoms with Crippen LogP contribution < -0.4 is 0 Å². The van der Waals surface area contributed by atoms with Crippen molar-refractivity contribution in [3.8, 4) is 0 Å². The molecule has 1 aliphatic rings. The van der Waals surface area contributed by atoms with Gasteiger partial charge in [0.15, 0.2) is 5.41 Å². The predicted molar refractivity (Wildman–Crippen MR) is 90.9 cm³/mol. The minimum absolute atomic E-state index is 1.28. The van der Waals surface area contributed by atoms with Crippen molar-refractivity contribution in [2.24, 2.45) is 0 Å². The van der Waals surface area contributed by atoms with Gasteiger partial charge >= 0.3 is 0 Å². The molecule has 0 aromatic heterocycles. The Balaban J connectivity index is 2.17. The maximum atomic E-state index is 2.22. The molecule has 1 heterocycles. The van der Waals surface area contributed by atoms with E-state index in [1.807, 2.05) is 0 Å². The van der Waals surface area contributed by atoms with Gasteiger partial charge in [-0.25, -0.2) is 0 Å². The summed E-state index contributed by atoms with van der Waals surface area (Å²) in [6.45, 7) is 4.25. The molecule has 1 aliphatic heterocycles. The summed E-state index contributed by atoms with van der Waals surface area (Å²) in [5, 5.41) is 4.35. The summed E-state index contributed by atoms with van der Waals surface area (Å²) in [4.78, 5) is 0. The van der Waals surface area contributed by atoms with Gasteiger partial charge in [0.2, 0.25) is 16.7 Å². The van der Waals surface area contributed by atoms with Crippen LogP contribution in [0.25, 0.3) is 5.57 Å². The summed E-state index contributed by atoms with van der Waals surface area (Å²) in [6, 6.07) is 17.5. The predicted octanol–water partition coefficient (Wildman–Crippen LogP) is 4.52. The van der Waals surface area contributed by atoms with Crippen LogP contribution in [0.3, 0.4) is 0 Å². The Kier molecular flexibility index (Phi) is 3.62. The number of hydrogen-bond acceptors (Lipinski definition) is 0. The average molecular weight is 277 g/mol. The monoisotopic (exact) mass is 277 g/mol. The average Bonchev–Trinajstić information content (AvgIpc) is 2.97. The Bertz CT molecular complexity index is 637. The normalized spacial score (nSPS) is 13.0. The van der Waals surface area contributed by atoms with Crippen molar-refractivity contribution in [1.29, 1.82) is 0 Å². The molecule has 0 saturated heterocycles. The molecular weight excluding hydrogens is 260 g/mol. The van der Waals surface area contributed by atoms with Gasteiger partial charge in [-0.15, -0.1) is 0 Å². The summed E-state index contributed by atoms with van der Waals surface area (Å²) in [6.07, 6.45) is 2.19. The molecule has 98 valence electrons. The molecule has 2 aromatic carbocycles. The fourth-order valence-corrected chi connectivity index (χ4v) is 2.99. The fraction of sp³-hybridized carbons (Fsp3) is 0.105. The molecule has 0 saturated carbocycles. The Labute approximate surface area is 124 Å². The Morgan fingerprint density at radius 1 is 0.750 bits per heavy atom. The van der Waals surface area contributed by atoms with Crippen LogP contribution in [0.5, 0.6) is 0 Å². The first-order valence-corrected chi connectivity index (χ1v) is 7.72. The molecule has 1 heteroatoms. The first kappa shape index (κ1) is 13.0. The van der Waals surface area contributed by atoms with Crippen LogP contribution in [0.15, 0.2) is 65.6 Å². The highest BCUT2D eigenvalue weighted by Crippen LogP contribution is 2.28. The molecule has 2 aromatic rings. The van der Waals surface area contributed by atoms with Gasteiger partial charge in [-0.1, -0.05) is 59.7 Å². The maximum Gasteiger partial charge on any atom is 0.212 e. The lowest BCUT2D eigenvalue weighted by atomic mass is 9.92. The third-order valence-corrected chi connectivity index (χ3v) is 4.17. The lowest BCUT2D eigenvalue weighted by Gasteiger charge is -2.10. The molecule has 0 spiro atoms. The Hall–Kier alpha value is -1.99. The van der Waals surface area contributed by atoms with E-state index in [0.29, 0.717) is 0 Å². The molecular formula is C19H17S+. The van der Waals surface area contributed by atoms with Crippen LogP contribution in [-0.4, -0.2) is 5.37 Å². The molecule has 0 bridgehead atoms. The molecule has 3 rings (SSSR count).